The summed E-state index contributed by atoms with van der Waals surface area (Å²) >= 11 is 0. The van der Waals surface area contributed by atoms with Crippen LogP contribution in [0.4, 0.5) is 0 Å². The summed E-state index contributed by atoms with van der Waals surface area (Å²) in [4.78, 5) is 12.7. The molecule has 0 heterocycles. The highest BCUT2D eigenvalue weighted by molar-refractivity contribution is 5.87. The molecule has 0 aromatic heterocycles. The van der Waals surface area contributed by atoms with E-state index in [1.165, 1.54) is 44.1 Å². The van der Waals surface area contributed by atoms with Gasteiger partial charge in [-0.15, -0.1) is 0 Å². The van der Waals surface area contributed by atoms with Crippen LogP contribution in [-0.4, -0.2) is 5.78 Å². The zero-order valence-electron chi connectivity index (χ0n) is 19.8. The van der Waals surface area contributed by atoms with E-state index in [-0.39, 0.29) is 11.3 Å². The maximum absolute atomic E-state index is 12.7. The van der Waals surface area contributed by atoms with Gasteiger partial charge in [-0.25, -0.2) is 0 Å². The second kappa shape index (κ2) is 11.5. The third kappa shape index (κ3) is 6.69. The van der Waals surface area contributed by atoms with Crippen LogP contribution in [0.2, 0.25) is 0 Å². The number of unbranched alkanes of at least 4 members (excludes halogenated alkanes) is 4. The topological polar surface area (TPSA) is 26.3 Å². The molecule has 0 bridgehead atoms. The van der Waals surface area contributed by atoms with Crippen LogP contribution in [0.5, 0.6) is 5.75 Å². The lowest BCUT2D eigenvalue weighted by atomic mass is 9.77. The summed E-state index contributed by atoms with van der Waals surface area (Å²) in [5, 5.41) is 0. The van der Waals surface area contributed by atoms with Gasteiger partial charge in [-0.3, -0.25) is 4.79 Å². The van der Waals surface area contributed by atoms with Crippen molar-refractivity contribution in [3.05, 3.63) is 65.2 Å². The molecule has 1 fully saturated rings. The SMILES string of the molecule is CCCCCCCC(C)(C)c1ccc(C2CCCCC2=O)c(OCc2ccccc2)c1. The zero-order valence-corrected chi connectivity index (χ0v) is 19.8. The fourth-order valence-electron chi connectivity index (χ4n) is 4.73. The molecule has 2 heteroatoms. The van der Waals surface area contributed by atoms with Gasteiger partial charge in [0.25, 0.3) is 0 Å². The van der Waals surface area contributed by atoms with Crippen LogP contribution in [0.3, 0.4) is 0 Å². The van der Waals surface area contributed by atoms with Crippen molar-refractivity contribution < 1.29 is 9.53 Å². The first-order valence-corrected chi connectivity index (χ1v) is 12.3. The first-order valence-electron chi connectivity index (χ1n) is 12.3. The summed E-state index contributed by atoms with van der Waals surface area (Å²) < 4.78 is 6.37. The van der Waals surface area contributed by atoms with E-state index < -0.39 is 0 Å². The van der Waals surface area contributed by atoms with Gasteiger partial charge in [-0.05, 0) is 41.9 Å². The van der Waals surface area contributed by atoms with Crippen molar-refractivity contribution in [2.75, 3.05) is 0 Å². The Hall–Kier alpha value is -2.09. The lowest BCUT2D eigenvalue weighted by molar-refractivity contribution is -0.121. The van der Waals surface area contributed by atoms with E-state index in [9.17, 15) is 4.79 Å². The first kappa shape index (κ1) is 23.6. The van der Waals surface area contributed by atoms with E-state index in [1.807, 2.05) is 18.2 Å². The van der Waals surface area contributed by atoms with Gasteiger partial charge in [-0.1, -0.05) is 102 Å². The van der Waals surface area contributed by atoms with Gasteiger partial charge < -0.3 is 4.74 Å². The zero-order chi connectivity index (χ0) is 22.1. The molecule has 0 saturated heterocycles. The molecule has 1 atom stereocenters. The fraction of sp³-hybridized carbons (Fsp3) is 0.552. The maximum atomic E-state index is 12.7. The Bertz CT molecular complexity index is 822. The van der Waals surface area contributed by atoms with Crippen molar-refractivity contribution in [3.63, 3.8) is 0 Å². The van der Waals surface area contributed by atoms with Crippen LogP contribution in [0.1, 0.15) is 108 Å². The number of ether oxygens (including phenoxy) is 1. The van der Waals surface area contributed by atoms with Crippen molar-refractivity contribution in [2.45, 2.75) is 103 Å². The van der Waals surface area contributed by atoms with E-state index >= 15 is 0 Å². The lowest BCUT2D eigenvalue weighted by Crippen LogP contribution is -2.20. The van der Waals surface area contributed by atoms with Gasteiger partial charge in [-0.2, -0.15) is 0 Å². The minimum absolute atomic E-state index is 0.00858. The first-order chi connectivity index (χ1) is 15.0. The minimum Gasteiger partial charge on any atom is -0.489 e. The number of benzene rings is 2. The molecule has 1 aliphatic carbocycles. The summed E-state index contributed by atoms with van der Waals surface area (Å²) in [6.07, 6.45) is 11.5. The second-order valence-electron chi connectivity index (χ2n) is 9.84. The highest BCUT2D eigenvalue weighted by Gasteiger charge is 2.28. The van der Waals surface area contributed by atoms with Crippen LogP contribution in [0, 0.1) is 0 Å². The van der Waals surface area contributed by atoms with Gasteiger partial charge in [0.15, 0.2) is 0 Å². The Morgan fingerprint density at radius 2 is 1.74 bits per heavy atom. The Labute approximate surface area is 189 Å². The number of hydrogen-bond donors (Lipinski definition) is 0. The van der Waals surface area contributed by atoms with Gasteiger partial charge in [0.2, 0.25) is 0 Å². The average Bonchev–Trinajstić information content (AvgIpc) is 2.78. The van der Waals surface area contributed by atoms with Crippen molar-refractivity contribution >= 4 is 5.78 Å². The quantitative estimate of drug-likeness (QED) is 0.343. The Morgan fingerprint density at radius 3 is 2.48 bits per heavy atom. The summed E-state index contributed by atoms with van der Waals surface area (Å²) in [5.41, 5.74) is 3.66. The number of rotatable bonds is 11. The molecule has 1 saturated carbocycles. The summed E-state index contributed by atoms with van der Waals surface area (Å²) in [5.74, 6) is 1.27. The highest BCUT2D eigenvalue weighted by atomic mass is 16.5. The van der Waals surface area contributed by atoms with Crippen LogP contribution in [-0.2, 0) is 16.8 Å². The maximum Gasteiger partial charge on any atom is 0.140 e. The molecule has 0 spiro atoms. The molecule has 1 aliphatic rings. The van der Waals surface area contributed by atoms with Gasteiger partial charge >= 0.3 is 0 Å². The number of carbonyl (C=O) groups is 1. The molecule has 1 unspecified atom stereocenters. The van der Waals surface area contributed by atoms with E-state index in [2.05, 4.69) is 51.1 Å². The van der Waals surface area contributed by atoms with Crippen LogP contribution in [0.25, 0.3) is 0 Å². The molecule has 168 valence electrons. The Balaban J connectivity index is 1.80. The monoisotopic (exact) mass is 420 g/mol. The molecule has 2 aromatic rings. The van der Waals surface area contributed by atoms with Crippen molar-refractivity contribution in [2.24, 2.45) is 0 Å². The van der Waals surface area contributed by atoms with Crippen LogP contribution in [0.15, 0.2) is 48.5 Å². The summed E-state index contributed by atoms with van der Waals surface area (Å²) in [6.45, 7) is 7.48. The van der Waals surface area contributed by atoms with Gasteiger partial charge in [0, 0.05) is 17.9 Å². The van der Waals surface area contributed by atoms with E-state index in [0.29, 0.717) is 18.8 Å². The number of ketones is 1. The number of Topliss-reactive ketones (excluding diaryl/α,β-unsaturated/α-hetero) is 1. The Morgan fingerprint density at radius 1 is 0.968 bits per heavy atom. The van der Waals surface area contributed by atoms with Crippen LogP contribution < -0.4 is 4.74 Å². The third-order valence-corrected chi connectivity index (χ3v) is 6.87. The van der Waals surface area contributed by atoms with E-state index in [0.717, 1.165) is 36.1 Å². The molecule has 0 aliphatic heterocycles. The molecule has 3 rings (SSSR count). The third-order valence-electron chi connectivity index (χ3n) is 6.87. The summed E-state index contributed by atoms with van der Waals surface area (Å²) in [6, 6.07) is 17.0. The predicted molar refractivity (Wildman–Crippen MR) is 130 cm³/mol. The largest absolute Gasteiger partial charge is 0.489 e. The summed E-state index contributed by atoms with van der Waals surface area (Å²) in [7, 11) is 0. The van der Waals surface area contributed by atoms with Gasteiger partial charge in [0.1, 0.15) is 18.1 Å². The number of carbonyl (C=O) groups excluding carboxylic acids is 1. The smallest absolute Gasteiger partial charge is 0.140 e. The molecule has 0 radical (unpaired) electrons. The second-order valence-corrected chi connectivity index (χ2v) is 9.84. The average molecular weight is 421 g/mol. The molecule has 31 heavy (non-hydrogen) atoms. The van der Waals surface area contributed by atoms with Crippen molar-refractivity contribution in [1.82, 2.24) is 0 Å². The van der Waals surface area contributed by atoms with Crippen molar-refractivity contribution in [1.29, 1.82) is 0 Å². The molecule has 2 aromatic carbocycles. The molecular formula is C29H40O2. The molecule has 0 amide bonds. The van der Waals surface area contributed by atoms with Crippen LogP contribution >= 0.6 is 0 Å². The van der Waals surface area contributed by atoms with Crippen molar-refractivity contribution in [3.8, 4) is 5.75 Å². The van der Waals surface area contributed by atoms with Gasteiger partial charge in [0.05, 0.1) is 0 Å². The normalized spacial score (nSPS) is 17.0. The molecule has 2 nitrogen and oxygen atoms in total. The number of hydrogen-bond acceptors (Lipinski definition) is 2. The standard InChI is InChI=1S/C29H40O2/c1-4-5-6-7-13-20-29(2,3)24-18-19-26(25-16-11-12-17-27(25)30)28(21-24)31-22-23-14-9-8-10-15-23/h8-10,14-15,18-19,21,25H,4-7,11-13,16-17,20,22H2,1-3H3. The Kier molecular flexibility index (Phi) is 8.75. The molecular weight excluding hydrogens is 380 g/mol. The minimum atomic E-state index is -0.00858. The fourth-order valence-corrected chi connectivity index (χ4v) is 4.73. The van der Waals surface area contributed by atoms with E-state index in [4.69, 9.17) is 4.74 Å². The predicted octanol–water partition coefficient (Wildman–Crippen LogP) is 8.13. The highest BCUT2D eigenvalue weighted by Crippen LogP contribution is 2.39. The lowest BCUT2D eigenvalue weighted by Gasteiger charge is -2.28. The molecule has 0 N–H and O–H groups in total. The van der Waals surface area contributed by atoms with E-state index in [1.54, 1.807) is 0 Å².